The number of benzene rings is 1. The molecule has 0 fully saturated rings. The number of aromatic nitrogens is 1. The lowest BCUT2D eigenvalue weighted by Gasteiger charge is -2.14. The van der Waals surface area contributed by atoms with Crippen molar-refractivity contribution in [1.82, 2.24) is 4.98 Å². The van der Waals surface area contributed by atoms with Crippen LogP contribution < -0.4 is 15.8 Å². The molecule has 1 aromatic heterocycles. The Bertz CT molecular complexity index is 689. The van der Waals surface area contributed by atoms with Crippen molar-refractivity contribution in [3.63, 3.8) is 0 Å². The number of halogens is 1. The molecule has 5 nitrogen and oxygen atoms in total. The van der Waals surface area contributed by atoms with Crippen molar-refractivity contribution < 1.29 is 13.9 Å². The molecule has 108 valence electrons. The Morgan fingerprint density at radius 3 is 2.71 bits per heavy atom. The number of amides is 1. The van der Waals surface area contributed by atoms with E-state index in [1.54, 1.807) is 18.2 Å². The number of hydrogen-bond donors (Lipinski definition) is 2. The number of nitrogens with two attached hydrogens (primary N) is 1. The van der Waals surface area contributed by atoms with Gasteiger partial charge in [0, 0.05) is 5.56 Å². The molecule has 0 bridgehead atoms. The van der Waals surface area contributed by atoms with E-state index in [1.165, 1.54) is 13.2 Å². The first-order chi connectivity index (χ1) is 10.0. The van der Waals surface area contributed by atoms with Gasteiger partial charge in [-0.05, 0) is 24.3 Å². The SMILES string of the molecule is COc1cccc(C(N)=S)c1NC(=O)c1ccc(F)cn1. The highest BCUT2D eigenvalue weighted by Crippen LogP contribution is 2.28. The number of methoxy groups -OCH3 is 1. The molecule has 0 aliphatic carbocycles. The first-order valence-electron chi connectivity index (χ1n) is 5.92. The quantitative estimate of drug-likeness (QED) is 0.846. The maximum Gasteiger partial charge on any atom is 0.274 e. The highest BCUT2D eigenvalue weighted by molar-refractivity contribution is 7.80. The molecule has 0 saturated carbocycles. The van der Waals surface area contributed by atoms with E-state index in [-0.39, 0.29) is 10.7 Å². The summed E-state index contributed by atoms with van der Waals surface area (Å²) in [6.45, 7) is 0. The number of ether oxygens (including phenoxy) is 1. The summed E-state index contributed by atoms with van der Waals surface area (Å²) in [5, 5.41) is 2.63. The molecule has 0 saturated heterocycles. The van der Waals surface area contributed by atoms with Crippen LogP contribution in [0.25, 0.3) is 0 Å². The minimum absolute atomic E-state index is 0.0659. The van der Waals surface area contributed by atoms with Gasteiger partial charge in [0.25, 0.3) is 5.91 Å². The van der Waals surface area contributed by atoms with Crippen LogP contribution in [-0.4, -0.2) is 23.0 Å². The number of carbonyl (C=O) groups is 1. The lowest BCUT2D eigenvalue weighted by molar-refractivity contribution is 0.102. The van der Waals surface area contributed by atoms with Gasteiger partial charge in [-0.25, -0.2) is 9.37 Å². The standard InChI is InChI=1S/C14H12FN3O2S/c1-20-11-4-2-3-9(13(16)21)12(11)18-14(19)10-6-5-8(15)7-17-10/h2-7H,1H3,(H2,16,21)(H,18,19). The molecule has 21 heavy (non-hydrogen) atoms. The van der Waals surface area contributed by atoms with Crippen LogP contribution in [0, 0.1) is 5.82 Å². The molecule has 1 heterocycles. The third-order valence-corrected chi connectivity index (χ3v) is 2.93. The number of pyridine rings is 1. The summed E-state index contributed by atoms with van der Waals surface area (Å²) in [7, 11) is 1.46. The van der Waals surface area contributed by atoms with Crippen molar-refractivity contribution in [1.29, 1.82) is 0 Å². The zero-order valence-corrected chi connectivity index (χ0v) is 11.9. The molecule has 0 aliphatic rings. The number of thiocarbonyl (C=S) groups is 1. The van der Waals surface area contributed by atoms with E-state index in [1.807, 2.05) is 0 Å². The number of nitrogens with zero attached hydrogens (tertiary/aromatic N) is 1. The molecule has 1 aromatic carbocycles. The van der Waals surface area contributed by atoms with Gasteiger partial charge in [0.1, 0.15) is 22.2 Å². The Labute approximate surface area is 125 Å². The summed E-state index contributed by atoms with van der Waals surface area (Å²) in [6, 6.07) is 7.46. The summed E-state index contributed by atoms with van der Waals surface area (Å²) in [5.41, 5.74) is 6.52. The van der Waals surface area contributed by atoms with E-state index in [2.05, 4.69) is 10.3 Å². The summed E-state index contributed by atoms with van der Waals surface area (Å²) in [6.07, 6.45) is 0.964. The molecule has 2 rings (SSSR count). The highest BCUT2D eigenvalue weighted by Gasteiger charge is 2.16. The first-order valence-corrected chi connectivity index (χ1v) is 6.33. The average Bonchev–Trinajstić information content (AvgIpc) is 2.47. The van der Waals surface area contributed by atoms with Crippen molar-refractivity contribution in [2.75, 3.05) is 12.4 Å². The minimum Gasteiger partial charge on any atom is -0.495 e. The second-order valence-corrected chi connectivity index (χ2v) is 4.50. The normalized spacial score (nSPS) is 10.0. The van der Waals surface area contributed by atoms with Gasteiger partial charge in [-0.2, -0.15) is 0 Å². The molecule has 0 unspecified atom stereocenters. The van der Waals surface area contributed by atoms with E-state index in [4.69, 9.17) is 22.7 Å². The zero-order chi connectivity index (χ0) is 15.4. The van der Waals surface area contributed by atoms with Crippen LogP contribution in [-0.2, 0) is 0 Å². The van der Waals surface area contributed by atoms with Crippen LogP contribution in [0.3, 0.4) is 0 Å². The Kier molecular flexibility index (Phi) is 4.44. The lowest BCUT2D eigenvalue weighted by Crippen LogP contribution is -2.19. The molecule has 0 atom stereocenters. The van der Waals surface area contributed by atoms with Gasteiger partial charge in [0.15, 0.2) is 0 Å². The molecule has 0 aliphatic heterocycles. The van der Waals surface area contributed by atoms with E-state index in [0.717, 1.165) is 12.3 Å². The topological polar surface area (TPSA) is 77.2 Å². The van der Waals surface area contributed by atoms with Gasteiger partial charge < -0.3 is 15.8 Å². The van der Waals surface area contributed by atoms with Crippen LogP contribution in [0.15, 0.2) is 36.5 Å². The second kappa shape index (κ2) is 6.27. The van der Waals surface area contributed by atoms with Gasteiger partial charge >= 0.3 is 0 Å². The summed E-state index contributed by atoms with van der Waals surface area (Å²) in [4.78, 5) is 16.0. The first kappa shape index (κ1) is 14.9. The molecular formula is C14H12FN3O2S. The molecule has 7 heteroatoms. The smallest absolute Gasteiger partial charge is 0.274 e. The van der Waals surface area contributed by atoms with Gasteiger partial charge in [0.2, 0.25) is 0 Å². The summed E-state index contributed by atoms with van der Waals surface area (Å²) >= 11 is 4.95. The Balaban J connectivity index is 2.36. The maximum atomic E-state index is 12.8. The minimum atomic E-state index is -0.521. The predicted molar refractivity (Wildman–Crippen MR) is 81.0 cm³/mol. The van der Waals surface area contributed by atoms with E-state index < -0.39 is 11.7 Å². The highest BCUT2D eigenvalue weighted by atomic mass is 32.1. The molecular weight excluding hydrogens is 293 g/mol. The Morgan fingerprint density at radius 1 is 1.38 bits per heavy atom. The van der Waals surface area contributed by atoms with Crippen molar-refractivity contribution in [3.8, 4) is 5.75 Å². The molecule has 1 amide bonds. The number of carbonyl (C=O) groups excluding carboxylic acids is 1. The average molecular weight is 305 g/mol. The molecule has 0 spiro atoms. The van der Waals surface area contributed by atoms with Crippen molar-refractivity contribution in [2.24, 2.45) is 5.73 Å². The number of rotatable bonds is 4. The fraction of sp³-hybridized carbons (Fsp3) is 0.0714. The van der Waals surface area contributed by atoms with Crippen LogP contribution >= 0.6 is 12.2 Å². The fourth-order valence-corrected chi connectivity index (χ4v) is 1.89. The third-order valence-electron chi connectivity index (χ3n) is 2.71. The van der Waals surface area contributed by atoms with Gasteiger partial charge in [-0.15, -0.1) is 0 Å². The van der Waals surface area contributed by atoms with E-state index in [9.17, 15) is 9.18 Å². The van der Waals surface area contributed by atoms with Crippen LogP contribution in [0.2, 0.25) is 0 Å². The van der Waals surface area contributed by atoms with Crippen molar-refractivity contribution >= 4 is 28.8 Å². The summed E-state index contributed by atoms with van der Waals surface area (Å²) < 4.78 is 18.0. The zero-order valence-electron chi connectivity index (χ0n) is 11.1. The van der Waals surface area contributed by atoms with E-state index in [0.29, 0.717) is 17.0 Å². The number of anilines is 1. The lowest BCUT2D eigenvalue weighted by atomic mass is 10.1. The number of nitrogens with one attached hydrogen (secondary N) is 1. The number of para-hydroxylation sites is 1. The second-order valence-electron chi connectivity index (χ2n) is 4.06. The largest absolute Gasteiger partial charge is 0.495 e. The van der Waals surface area contributed by atoms with Crippen molar-refractivity contribution in [2.45, 2.75) is 0 Å². The Hall–Kier alpha value is -2.54. The van der Waals surface area contributed by atoms with Gasteiger partial charge in [0.05, 0.1) is 19.0 Å². The van der Waals surface area contributed by atoms with E-state index >= 15 is 0 Å². The third kappa shape index (κ3) is 3.32. The molecule has 0 radical (unpaired) electrons. The molecule has 3 N–H and O–H groups in total. The van der Waals surface area contributed by atoms with Crippen LogP contribution in [0.4, 0.5) is 10.1 Å². The fourth-order valence-electron chi connectivity index (χ4n) is 1.72. The summed E-state index contributed by atoms with van der Waals surface area (Å²) in [5.74, 6) is -0.625. The monoisotopic (exact) mass is 305 g/mol. The molecule has 2 aromatic rings. The predicted octanol–water partition coefficient (Wildman–Crippen LogP) is 2.12. The van der Waals surface area contributed by atoms with Crippen LogP contribution in [0.1, 0.15) is 16.1 Å². The van der Waals surface area contributed by atoms with Crippen molar-refractivity contribution in [3.05, 3.63) is 53.6 Å². The van der Waals surface area contributed by atoms with Crippen LogP contribution in [0.5, 0.6) is 5.75 Å². The van der Waals surface area contributed by atoms with Gasteiger partial charge in [-0.1, -0.05) is 18.3 Å². The van der Waals surface area contributed by atoms with Gasteiger partial charge in [-0.3, -0.25) is 4.79 Å². The number of hydrogen-bond acceptors (Lipinski definition) is 4. The maximum absolute atomic E-state index is 12.8. The Morgan fingerprint density at radius 2 is 2.14 bits per heavy atom.